The number of hydrogen-bond donors (Lipinski definition) is 1. The maximum atomic E-state index is 14.6. The van der Waals surface area contributed by atoms with Crippen molar-refractivity contribution >= 4 is 11.6 Å². The molecule has 1 aliphatic heterocycles. The predicted octanol–water partition coefficient (Wildman–Crippen LogP) is 3.13. The molecular weight excluding hydrogens is 272 g/mol. The number of benzene rings is 1. The molecule has 19 heavy (non-hydrogen) atoms. The van der Waals surface area contributed by atoms with Crippen LogP contribution in [0.5, 0.6) is 0 Å². The molecule has 1 aliphatic rings. The number of rotatable bonds is 4. The third-order valence-corrected chi connectivity index (χ3v) is 3.60. The van der Waals surface area contributed by atoms with Gasteiger partial charge in [0.25, 0.3) is 0 Å². The van der Waals surface area contributed by atoms with Crippen LogP contribution in [0.4, 0.5) is 8.78 Å². The summed E-state index contributed by atoms with van der Waals surface area (Å²) in [5, 5.41) is 3.50. The van der Waals surface area contributed by atoms with Crippen LogP contribution in [0.2, 0.25) is 5.02 Å². The fourth-order valence-corrected chi connectivity index (χ4v) is 2.63. The lowest BCUT2D eigenvalue weighted by Crippen LogP contribution is -2.45. The van der Waals surface area contributed by atoms with Crippen molar-refractivity contribution in [1.29, 1.82) is 0 Å². The van der Waals surface area contributed by atoms with E-state index in [1.807, 2.05) is 0 Å². The number of morpholine rings is 1. The highest BCUT2D eigenvalue weighted by Crippen LogP contribution is 2.28. The van der Waals surface area contributed by atoms with Gasteiger partial charge in [0.2, 0.25) is 0 Å². The lowest BCUT2D eigenvalue weighted by Gasteiger charge is -2.30. The van der Waals surface area contributed by atoms with Crippen LogP contribution in [-0.2, 0) is 11.2 Å². The molecule has 0 aliphatic carbocycles. The van der Waals surface area contributed by atoms with Crippen molar-refractivity contribution in [3.63, 3.8) is 0 Å². The van der Waals surface area contributed by atoms with E-state index < -0.39 is 11.5 Å². The van der Waals surface area contributed by atoms with Crippen molar-refractivity contribution in [2.24, 2.45) is 0 Å². The quantitative estimate of drug-likeness (QED) is 0.919. The van der Waals surface area contributed by atoms with E-state index in [9.17, 15) is 8.78 Å². The Balaban J connectivity index is 1.99. The molecule has 0 spiro atoms. The monoisotopic (exact) mass is 289 g/mol. The van der Waals surface area contributed by atoms with Gasteiger partial charge in [-0.2, -0.15) is 0 Å². The van der Waals surface area contributed by atoms with Crippen molar-refractivity contribution in [3.05, 3.63) is 34.6 Å². The average Bonchev–Trinajstić information content (AvgIpc) is 2.33. The van der Waals surface area contributed by atoms with Crippen LogP contribution in [0.3, 0.4) is 0 Å². The molecule has 106 valence electrons. The van der Waals surface area contributed by atoms with Gasteiger partial charge >= 0.3 is 0 Å². The molecule has 1 aromatic carbocycles. The smallest absolute Gasteiger partial charge is 0.124 e. The SMILES string of the molecule is CC(F)(Cc1ccc(F)cc1Cl)CC1COCCN1. The van der Waals surface area contributed by atoms with Crippen LogP contribution in [0.1, 0.15) is 18.9 Å². The fourth-order valence-electron chi connectivity index (χ4n) is 2.40. The van der Waals surface area contributed by atoms with Crippen LogP contribution in [0, 0.1) is 5.82 Å². The lowest BCUT2D eigenvalue weighted by molar-refractivity contribution is 0.0483. The van der Waals surface area contributed by atoms with Crippen molar-refractivity contribution < 1.29 is 13.5 Å². The molecule has 1 heterocycles. The number of alkyl halides is 1. The molecule has 2 atom stereocenters. The maximum absolute atomic E-state index is 14.6. The summed E-state index contributed by atoms with van der Waals surface area (Å²) in [5.41, 5.74) is -0.774. The fraction of sp³-hybridized carbons (Fsp3) is 0.571. The summed E-state index contributed by atoms with van der Waals surface area (Å²) in [4.78, 5) is 0. The highest BCUT2D eigenvalue weighted by atomic mass is 35.5. The molecule has 2 rings (SSSR count). The summed E-state index contributed by atoms with van der Waals surface area (Å²) in [6, 6.07) is 4.08. The Labute approximate surface area is 117 Å². The van der Waals surface area contributed by atoms with Gasteiger partial charge in [0.05, 0.1) is 13.2 Å². The molecule has 2 unspecified atom stereocenters. The number of ether oxygens (including phenoxy) is 1. The van der Waals surface area contributed by atoms with Crippen LogP contribution < -0.4 is 5.32 Å². The molecule has 0 saturated carbocycles. The zero-order valence-electron chi connectivity index (χ0n) is 10.9. The average molecular weight is 290 g/mol. The molecule has 0 amide bonds. The Morgan fingerprint density at radius 1 is 1.53 bits per heavy atom. The molecule has 1 fully saturated rings. The Morgan fingerprint density at radius 2 is 2.32 bits per heavy atom. The number of nitrogens with one attached hydrogen (secondary N) is 1. The van der Waals surface area contributed by atoms with E-state index in [2.05, 4.69) is 5.32 Å². The summed E-state index contributed by atoms with van der Waals surface area (Å²) in [7, 11) is 0. The normalized spacial score (nSPS) is 23.1. The second-order valence-corrected chi connectivity index (χ2v) is 5.66. The minimum atomic E-state index is -1.40. The number of halogens is 3. The first-order valence-corrected chi connectivity index (χ1v) is 6.78. The van der Waals surface area contributed by atoms with Crippen molar-refractivity contribution in [2.75, 3.05) is 19.8 Å². The molecule has 1 saturated heterocycles. The Bertz CT molecular complexity index is 433. The first-order valence-electron chi connectivity index (χ1n) is 6.40. The van der Waals surface area contributed by atoms with Crippen LogP contribution in [0.25, 0.3) is 0 Å². The van der Waals surface area contributed by atoms with Crippen LogP contribution >= 0.6 is 11.6 Å². The molecular formula is C14H18ClF2NO. The Hall–Kier alpha value is -0.710. The van der Waals surface area contributed by atoms with E-state index in [0.717, 1.165) is 6.54 Å². The Kier molecular flexibility index (Phi) is 4.76. The summed E-state index contributed by atoms with van der Waals surface area (Å²) >= 11 is 5.93. The van der Waals surface area contributed by atoms with Crippen LogP contribution in [0.15, 0.2) is 18.2 Å². The zero-order chi connectivity index (χ0) is 13.9. The van der Waals surface area contributed by atoms with Gasteiger partial charge in [-0.1, -0.05) is 17.7 Å². The first-order chi connectivity index (χ1) is 8.96. The summed E-state index contributed by atoms with van der Waals surface area (Å²) < 4.78 is 32.9. The largest absolute Gasteiger partial charge is 0.379 e. The van der Waals surface area contributed by atoms with Gasteiger partial charge < -0.3 is 10.1 Å². The van der Waals surface area contributed by atoms with Gasteiger partial charge in [0, 0.05) is 24.0 Å². The third kappa shape index (κ3) is 4.41. The molecule has 5 heteroatoms. The number of hydrogen-bond acceptors (Lipinski definition) is 2. The summed E-state index contributed by atoms with van der Waals surface area (Å²) in [6.45, 7) is 3.49. The molecule has 0 bridgehead atoms. The topological polar surface area (TPSA) is 21.3 Å². The molecule has 1 aromatic rings. The van der Waals surface area contributed by atoms with E-state index >= 15 is 0 Å². The van der Waals surface area contributed by atoms with Crippen molar-refractivity contribution in [1.82, 2.24) is 5.32 Å². The van der Waals surface area contributed by atoms with Crippen LogP contribution in [-0.4, -0.2) is 31.5 Å². The molecule has 2 nitrogen and oxygen atoms in total. The lowest BCUT2D eigenvalue weighted by atomic mass is 9.91. The van der Waals surface area contributed by atoms with E-state index in [4.69, 9.17) is 16.3 Å². The molecule has 0 aromatic heterocycles. The first kappa shape index (κ1) is 14.7. The van der Waals surface area contributed by atoms with E-state index in [-0.39, 0.29) is 17.5 Å². The second-order valence-electron chi connectivity index (χ2n) is 5.26. The van der Waals surface area contributed by atoms with Crippen molar-refractivity contribution in [3.8, 4) is 0 Å². The van der Waals surface area contributed by atoms with E-state index in [1.165, 1.54) is 12.1 Å². The van der Waals surface area contributed by atoms with Gasteiger partial charge in [-0.15, -0.1) is 0 Å². The summed E-state index contributed by atoms with van der Waals surface area (Å²) in [5.74, 6) is -0.406. The summed E-state index contributed by atoms with van der Waals surface area (Å²) in [6.07, 6.45) is 0.519. The minimum absolute atomic E-state index is 0.0166. The highest BCUT2D eigenvalue weighted by Gasteiger charge is 2.29. The van der Waals surface area contributed by atoms with E-state index in [0.29, 0.717) is 25.2 Å². The minimum Gasteiger partial charge on any atom is -0.379 e. The highest BCUT2D eigenvalue weighted by molar-refractivity contribution is 6.31. The second kappa shape index (κ2) is 6.16. The van der Waals surface area contributed by atoms with Gasteiger partial charge in [0.15, 0.2) is 0 Å². The van der Waals surface area contributed by atoms with Gasteiger partial charge in [-0.25, -0.2) is 8.78 Å². The molecule has 1 N–H and O–H groups in total. The third-order valence-electron chi connectivity index (χ3n) is 3.24. The standard InChI is InChI=1S/C14H18ClF2NO/c1-14(17,8-12-9-19-5-4-18-12)7-10-2-3-11(16)6-13(10)15/h2-3,6,12,18H,4-5,7-9H2,1H3. The van der Waals surface area contributed by atoms with Crippen molar-refractivity contribution in [2.45, 2.75) is 31.5 Å². The van der Waals surface area contributed by atoms with E-state index in [1.54, 1.807) is 13.0 Å². The van der Waals surface area contributed by atoms with Gasteiger partial charge in [-0.05, 0) is 31.0 Å². The maximum Gasteiger partial charge on any atom is 0.124 e. The zero-order valence-corrected chi connectivity index (χ0v) is 11.6. The van der Waals surface area contributed by atoms with Gasteiger partial charge in [0.1, 0.15) is 11.5 Å². The molecule has 0 radical (unpaired) electrons. The van der Waals surface area contributed by atoms with Gasteiger partial charge in [-0.3, -0.25) is 0 Å². The predicted molar refractivity (Wildman–Crippen MR) is 71.9 cm³/mol. The Morgan fingerprint density at radius 3 is 2.95 bits per heavy atom.